The molecule has 146 valence electrons. The fraction of sp³-hybridized carbons (Fsp3) is 0.316. The lowest BCUT2D eigenvalue weighted by atomic mass is 9.96. The van der Waals surface area contributed by atoms with Crippen molar-refractivity contribution in [1.82, 2.24) is 29.7 Å². The summed E-state index contributed by atoms with van der Waals surface area (Å²) < 4.78 is 1.87. The predicted molar refractivity (Wildman–Crippen MR) is 114 cm³/mol. The van der Waals surface area contributed by atoms with Crippen molar-refractivity contribution in [2.45, 2.75) is 32.0 Å². The smallest absolute Gasteiger partial charge is 0.226 e. The second kappa shape index (κ2) is 7.63. The van der Waals surface area contributed by atoms with Crippen LogP contribution in [0.4, 0.5) is 5.95 Å². The zero-order valence-electron chi connectivity index (χ0n) is 16.3. The Labute approximate surface area is 170 Å². The number of rotatable bonds is 4. The summed E-state index contributed by atoms with van der Waals surface area (Å²) in [6, 6.07) is 1.95. The molecule has 3 aromatic heterocycles. The van der Waals surface area contributed by atoms with Gasteiger partial charge < -0.3 is 21.4 Å². The first kappa shape index (κ1) is 19.1. The van der Waals surface area contributed by atoms with E-state index < -0.39 is 0 Å². The molecule has 0 aliphatic carbocycles. The first-order valence-electron chi connectivity index (χ1n) is 9.38. The zero-order chi connectivity index (χ0) is 20.5. The van der Waals surface area contributed by atoms with Crippen LogP contribution in [-0.4, -0.2) is 63.1 Å². The van der Waals surface area contributed by atoms with Gasteiger partial charge in [0, 0.05) is 54.6 Å². The molecule has 0 aromatic carbocycles. The number of anilines is 1. The van der Waals surface area contributed by atoms with Gasteiger partial charge in [-0.1, -0.05) is 0 Å². The summed E-state index contributed by atoms with van der Waals surface area (Å²) in [4.78, 5) is 19.9. The lowest BCUT2D eigenvalue weighted by Crippen LogP contribution is -2.62. The largest absolute Gasteiger partial charge is 0.404 e. The summed E-state index contributed by atoms with van der Waals surface area (Å²) in [5.74, 6) is 0.617. The van der Waals surface area contributed by atoms with E-state index in [1.807, 2.05) is 10.5 Å². The normalized spacial score (nSPS) is 22.8. The molecular formula is C19H22BN9. The molecular weight excluding hydrogens is 365 g/mol. The lowest BCUT2D eigenvalue weighted by Gasteiger charge is -2.43. The molecule has 2 radical (unpaired) electrons. The van der Waals surface area contributed by atoms with Crippen molar-refractivity contribution in [3.05, 3.63) is 42.6 Å². The maximum absolute atomic E-state index is 7.66. The highest BCUT2D eigenvalue weighted by atomic mass is 15.3. The molecule has 4 N–H and O–H groups in total. The van der Waals surface area contributed by atoms with Gasteiger partial charge in [0.05, 0.1) is 29.8 Å². The minimum Gasteiger partial charge on any atom is -0.404 e. The Morgan fingerprint density at radius 1 is 1.31 bits per heavy atom. The third kappa shape index (κ3) is 3.47. The molecule has 4 heterocycles. The molecule has 1 fully saturated rings. The van der Waals surface area contributed by atoms with Crippen molar-refractivity contribution in [3.63, 3.8) is 0 Å². The van der Waals surface area contributed by atoms with E-state index in [0.717, 1.165) is 23.5 Å². The molecule has 0 saturated carbocycles. The number of hydrogen-bond donors (Lipinski definition) is 3. The number of imidazole rings is 1. The van der Waals surface area contributed by atoms with E-state index in [4.69, 9.17) is 24.0 Å². The van der Waals surface area contributed by atoms with Crippen molar-refractivity contribution in [1.29, 1.82) is 5.41 Å². The van der Waals surface area contributed by atoms with E-state index >= 15 is 0 Å². The van der Waals surface area contributed by atoms with Crippen LogP contribution in [0.15, 0.2) is 42.6 Å². The number of hydrogen-bond acceptors (Lipinski definition) is 8. The number of piperazine rings is 1. The quantitative estimate of drug-likeness (QED) is 0.427. The molecule has 3 atom stereocenters. The van der Waals surface area contributed by atoms with Crippen LogP contribution in [0.1, 0.15) is 13.8 Å². The maximum atomic E-state index is 7.66. The zero-order valence-corrected chi connectivity index (χ0v) is 16.3. The van der Waals surface area contributed by atoms with Crippen molar-refractivity contribution in [2.24, 2.45) is 5.73 Å². The first-order valence-corrected chi connectivity index (χ1v) is 9.38. The van der Waals surface area contributed by atoms with Gasteiger partial charge in [0.15, 0.2) is 5.65 Å². The van der Waals surface area contributed by atoms with Crippen LogP contribution < -0.4 is 21.5 Å². The Kier molecular flexibility index (Phi) is 5.02. The number of nitrogens with zero attached hydrogens (tertiary/aromatic N) is 6. The highest BCUT2D eigenvalue weighted by Crippen LogP contribution is 2.25. The van der Waals surface area contributed by atoms with Crippen LogP contribution in [0.5, 0.6) is 0 Å². The number of aromatic nitrogens is 5. The van der Waals surface area contributed by atoms with Crippen LogP contribution in [-0.2, 0) is 0 Å². The maximum Gasteiger partial charge on any atom is 0.226 e. The molecule has 0 amide bonds. The lowest BCUT2D eigenvalue weighted by molar-refractivity contribution is 0.360. The molecule has 1 saturated heterocycles. The highest BCUT2D eigenvalue weighted by molar-refractivity contribution is 6.30. The van der Waals surface area contributed by atoms with Gasteiger partial charge in [-0.15, -0.1) is 0 Å². The average Bonchev–Trinajstić information content (AvgIpc) is 3.14. The van der Waals surface area contributed by atoms with Gasteiger partial charge in [0.2, 0.25) is 5.95 Å². The molecule has 1 aliphatic rings. The van der Waals surface area contributed by atoms with Crippen LogP contribution in [0, 0.1) is 5.41 Å². The Bertz CT molecular complexity index is 1080. The summed E-state index contributed by atoms with van der Waals surface area (Å²) in [6.45, 7) is 4.90. The van der Waals surface area contributed by atoms with Crippen LogP contribution in [0.2, 0.25) is 0 Å². The fourth-order valence-corrected chi connectivity index (χ4v) is 3.74. The average molecular weight is 387 g/mol. The monoisotopic (exact) mass is 387 g/mol. The Morgan fingerprint density at radius 2 is 2.14 bits per heavy atom. The van der Waals surface area contributed by atoms with Gasteiger partial charge in [0.1, 0.15) is 7.85 Å². The van der Waals surface area contributed by atoms with E-state index in [1.165, 1.54) is 12.4 Å². The Balaban J connectivity index is 1.72. The Morgan fingerprint density at radius 3 is 2.90 bits per heavy atom. The molecule has 3 aromatic rings. The van der Waals surface area contributed by atoms with Gasteiger partial charge in [-0.2, -0.15) is 0 Å². The second-order valence-electron chi connectivity index (χ2n) is 7.18. The van der Waals surface area contributed by atoms with Crippen LogP contribution >= 0.6 is 0 Å². The third-order valence-corrected chi connectivity index (χ3v) is 5.20. The van der Waals surface area contributed by atoms with Gasteiger partial charge in [-0.25, -0.2) is 15.0 Å². The SMILES string of the molecule is [B]c1cn2c(-c3ccnc(N4CC(C)NC(/C(C=N)=C/N)C4C)n3)cnc2cn1. The minimum atomic E-state index is -0.0878. The van der Waals surface area contributed by atoms with Crippen molar-refractivity contribution in [3.8, 4) is 11.4 Å². The topological polar surface area (TPSA) is 121 Å². The minimum absolute atomic E-state index is 0.0138. The van der Waals surface area contributed by atoms with Crippen molar-refractivity contribution >= 4 is 31.2 Å². The number of fused-ring (bicyclic) bond motifs is 1. The van der Waals surface area contributed by atoms with Crippen molar-refractivity contribution < 1.29 is 0 Å². The van der Waals surface area contributed by atoms with Gasteiger partial charge in [-0.3, -0.25) is 9.38 Å². The van der Waals surface area contributed by atoms with Gasteiger partial charge >= 0.3 is 0 Å². The number of nitrogens with two attached hydrogens (primary N) is 1. The predicted octanol–water partition coefficient (Wildman–Crippen LogP) is 0.0275. The molecule has 29 heavy (non-hydrogen) atoms. The van der Waals surface area contributed by atoms with Crippen LogP contribution in [0.3, 0.4) is 0 Å². The molecule has 1 aliphatic heterocycles. The Hall–Kier alpha value is -3.27. The summed E-state index contributed by atoms with van der Waals surface area (Å²) in [5, 5.41) is 11.2. The molecule has 4 rings (SSSR count). The molecule has 0 bridgehead atoms. The van der Waals surface area contributed by atoms with E-state index in [2.05, 4.69) is 39.0 Å². The van der Waals surface area contributed by atoms with Gasteiger partial charge in [0.25, 0.3) is 0 Å². The summed E-state index contributed by atoms with van der Waals surface area (Å²) in [6.07, 6.45) is 9.62. The molecule has 0 spiro atoms. The van der Waals surface area contributed by atoms with E-state index in [9.17, 15) is 0 Å². The standard InChI is InChI=1S/C19H22BN9/c1-11-9-28(12(2)18(26-11)13(5-21)6-22)19-23-4-3-14(27-19)15-7-25-17-8-24-16(20)10-29(15)17/h3-8,10-12,18,21,26H,9,22H2,1-2H3/b13-6+,21-5?. The van der Waals surface area contributed by atoms with Crippen LogP contribution in [0.25, 0.3) is 17.0 Å². The van der Waals surface area contributed by atoms with Crippen molar-refractivity contribution in [2.75, 3.05) is 11.4 Å². The molecule has 3 unspecified atom stereocenters. The molecule has 9 nitrogen and oxygen atoms in total. The highest BCUT2D eigenvalue weighted by Gasteiger charge is 2.34. The first-order chi connectivity index (χ1) is 14.0. The summed E-state index contributed by atoms with van der Waals surface area (Å²) in [5.41, 5.74) is 9.12. The van der Waals surface area contributed by atoms with E-state index in [0.29, 0.717) is 17.2 Å². The van der Waals surface area contributed by atoms with E-state index in [-0.39, 0.29) is 18.1 Å². The summed E-state index contributed by atoms with van der Waals surface area (Å²) >= 11 is 0. The molecule has 10 heteroatoms. The van der Waals surface area contributed by atoms with Gasteiger partial charge in [-0.05, 0) is 19.9 Å². The summed E-state index contributed by atoms with van der Waals surface area (Å²) in [7, 11) is 5.84. The number of nitrogens with one attached hydrogen (secondary N) is 2. The second-order valence-corrected chi connectivity index (χ2v) is 7.18. The fourth-order valence-electron chi connectivity index (χ4n) is 3.74. The van der Waals surface area contributed by atoms with E-state index in [1.54, 1.807) is 24.8 Å². The third-order valence-electron chi connectivity index (χ3n) is 5.20.